The molecule has 3 aromatic rings. The third-order valence-electron chi connectivity index (χ3n) is 4.91. The highest BCUT2D eigenvalue weighted by Crippen LogP contribution is 2.24. The zero-order valence-electron chi connectivity index (χ0n) is 16.7. The Bertz CT molecular complexity index is 941. The van der Waals surface area contributed by atoms with E-state index >= 15 is 0 Å². The third kappa shape index (κ3) is 4.94. The average Bonchev–Trinajstić information content (AvgIpc) is 2.73. The minimum absolute atomic E-state index is 0.0473. The maximum atomic E-state index is 12.8. The van der Waals surface area contributed by atoms with Crippen molar-refractivity contribution in [2.24, 2.45) is 0 Å². The molecular weight excluding hydrogens is 352 g/mol. The van der Waals surface area contributed by atoms with Crippen LogP contribution in [0.2, 0.25) is 0 Å². The van der Waals surface area contributed by atoms with Gasteiger partial charge in [0.25, 0.3) is 0 Å². The summed E-state index contributed by atoms with van der Waals surface area (Å²) in [5, 5.41) is 0.556. The van der Waals surface area contributed by atoms with Crippen molar-refractivity contribution in [2.75, 3.05) is 13.7 Å². The van der Waals surface area contributed by atoms with Gasteiger partial charge in [0.2, 0.25) is 0 Å². The molecule has 3 rings (SSSR count). The van der Waals surface area contributed by atoms with Crippen molar-refractivity contribution in [3.8, 4) is 22.6 Å². The van der Waals surface area contributed by atoms with Gasteiger partial charge in [0.1, 0.15) is 23.3 Å². The van der Waals surface area contributed by atoms with Gasteiger partial charge in [0.05, 0.1) is 24.7 Å². The number of unbranched alkanes of at least 4 members (excludes halogenated alkanes) is 5. The van der Waals surface area contributed by atoms with Gasteiger partial charge in [-0.15, -0.1) is 0 Å². The summed E-state index contributed by atoms with van der Waals surface area (Å²) in [5.74, 6) is 1.49. The van der Waals surface area contributed by atoms with Crippen molar-refractivity contribution in [2.45, 2.75) is 45.4 Å². The predicted molar refractivity (Wildman–Crippen MR) is 113 cm³/mol. The molecule has 4 heteroatoms. The Morgan fingerprint density at radius 1 is 0.893 bits per heavy atom. The molecule has 0 atom stereocenters. The summed E-state index contributed by atoms with van der Waals surface area (Å²) in [7, 11) is 1.62. The molecule has 0 aliphatic heterocycles. The van der Waals surface area contributed by atoms with E-state index in [4.69, 9.17) is 13.9 Å². The zero-order valence-corrected chi connectivity index (χ0v) is 16.7. The van der Waals surface area contributed by atoms with E-state index in [1.54, 1.807) is 19.2 Å². The normalized spacial score (nSPS) is 10.9. The summed E-state index contributed by atoms with van der Waals surface area (Å²) in [6.45, 7) is 2.91. The number of ether oxygens (including phenoxy) is 2. The monoisotopic (exact) mass is 380 g/mol. The van der Waals surface area contributed by atoms with E-state index in [0.717, 1.165) is 23.5 Å². The van der Waals surface area contributed by atoms with Crippen LogP contribution in [0.5, 0.6) is 11.5 Å². The number of hydrogen-bond donors (Lipinski definition) is 0. The fraction of sp³-hybridized carbons (Fsp3) is 0.375. The quantitative estimate of drug-likeness (QED) is 0.392. The first-order chi connectivity index (χ1) is 13.7. The fourth-order valence-electron chi connectivity index (χ4n) is 3.24. The van der Waals surface area contributed by atoms with E-state index in [2.05, 4.69) is 6.92 Å². The summed E-state index contributed by atoms with van der Waals surface area (Å²) < 4.78 is 16.7. The SMILES string of the molecule is CCCCCCCCOc1ccc2c(=O)c(-c3ccc(OC)cc3)coc2c1. The van der Waals surface area contributed by atoms with Crippen molar-refractivity contribution >= 4 is 11.0 Å². The van der Waals surface area contributed by atoms with Crippen molar-refractivity contribution in [1.29, 1.82) is 0 Å². The van der Waals surface area contributed by atoms with E-state index in [0.29, 0.717) is 23.1 Å². The van der Waals surface area contributed by atoms with Crippen LogP contribution in [0.1, 0.15) is 45.4 Å². The average molecular weight is 380 g/mol. The second-order valence-electron chi connectivity index (χ2n) is 6.98. The van der Waals surface area contributed by atoms with Gasteiger partial charge >= 0.3 is 0 Å². The highest BCUT2D eigenvalue weighted by atomic mass is 16.5. The van der Waals surface area contributed by atoms with Gasteiger partial charge in [-0.3, -0.25) is 4.79 Å². The Hall–Kier alpha value is -2.75. The summed E-state index contributed by atoms with van der Waals surface area (Å²) in [5.41, 5.74) is 1.84. The van der Waals surface area contributed by atoms with E-state index in [1.807, 2.05) is 30.3 Å². The minimum Gasteiger partial charge on any atom is -0.497 e. The van der Waals surface area contributed by atoms with Gasteiger partial charge in [-0.2, -0.15) is 0 Å². The first-order valence-electron chi connectivity index (χ1n) is 10.1. The van der Waals surface area contributed by atoms with Crippen LogP contribution in [0.4, 0.5) is 0 Å². The topological polar surface area (TPSA) is 48.7 Å². The summed E-state index contributed by atoms with van der Waals surface area (Å²) in [4.78, 5) is 12.8. The molecule has 1 heterocycles. The van der Waals surface area contributed by atoms with Crippen LogP contribution in [0.15, 0.2) is 57.9 Å². The molecule has 2 aromatic carbocycles. The third-order valence-corrected chi connectivity index (χ3v) is 4.91. The number of fused-ring (bicyclic) bond motifs is 1. The molecule has 0 unspecified atom stereocenters. The molecule has 0 spiro atoms. The molecule has 0 aliphatic carbocycles. The first kappa shape index (κ1) is 20.0. The smallest absolute Gasteiger partial charge is 0.200 e. The molecule has 148 valence electrons. The molecule has 0 saturated carbocycles. The van der Waals surface area contributed by atoms with Gasteiger partial charge in [0, 0.05) is 6.07 Å². The Labute approximate surface area is 166 Å². The maximum absolute atomic E-state index is 12.8. The van der Waals surface area contributed by atoms with Crippen LogP contribution in [0.3, 0.4) is 0 Å². The van der Waals surface area contributed by atoms with Crippen LogP contribution in [0.25, 0.3) is 22.1 Å². The summed E-state index contributed by atoms with van der Waals surface area (Å²) >= 11 is 0. The molecule has 0 radical (unpaired) electrons. The van der Waals surface area contributed by atoms with Gasteiger partial charge in [-0.25, -0.2) is 0 Å². The highest BCUT2D eigenvalue weighted by Gasteiger charge is 2.10. The summed E-state index contributed by atoms with van der Waals surface area (Å²) in [6, 6.07) is 12.8. The van der Waals surface area contributed by atoms with Crippen LogP contribution < -0.4 is 14.9 Å². The lowest BCUT2D eigenvalue weighted by atomic mass is 10.1. The molecular formula is C24H28O4. The molecule has 1 aromatic heterocycles. The lowest BCUT2D eigenvalue weighted by molar-refractivity contribution is 0.304. The van der Waals surface area contributed by atoms with Crippen LogP contribution >= 0.6 is 0 Å². The summed E-state index contributed by atoms with van der Waals surface area (Å²) in [6.07, 6.45) is 8.88. The number of rotatable bonds is 10. The van der Waals surface area contributed by atoms with Crippen LogP contribution in [0, 0.1) is 0 Å². The predicted octanol–water partition coefficient (Wildman–Crippen LogP) is 6.21. The van der Waals surface area contributed by atoms with Gasteiger partial charge in [0.15, 0.2) is 5.43 Å². The number of hydrogen-bond acceptors (Lipinski definition) is 4. The molecule has 0 amide bonds. The van der Waals surface area contributed by atoms with E-state index in [-0.39, 0.29) is 5.43 Å². The Balaban J connectivity index is 1.67. The molecule has 0 N–H and O–H groups in total. The van der Waals surface area contributed by atoms with Gasteiger partial charge < -0.3 is 13.9 Å². The molecule has 0 bridgehead atoms. The molecule has 4 nitrogen and oxygen atoms in total. The van der Waals surface area contributed by atoms with Crippen molar-refractivity contribution in [3.63, 3.8) is 0 Å². The van der Waals surface area contributed by atoms with E-state index < -0.39 is 0 Å². The first-order valence-corrected chi connectivity index (χ1v) is 10.1. The van der Waals surface area contributed by atoms with Gasteiger partial charge in [-0.05, 0) is 36.2 Å². The molecule has 28 heavy (non-hydrogen) atoms. The van der Waals surface area contributed by atoms with Crippen molar-refractivity contribution in [3.05, 3.63) is 59.0 Å². The minimum atomic E-state index is -0.0473. The van der Waals surface area contributed by atoms with Crippen molar-refractivity contribution < 1.29 is 13.9 Å². The van der Waals surface area contributed by atoms with E-state index in [9.17, 15) is 4.79 Å². The second-order valence-corrected chi connectivity index (χ2v) is 6.98. The van der Waals surface area contributed by atoms with Crippen LogP contribution in [-0.2, 0) is 0 Å². The maximum Gasteiger partial charge on any atom is 0.200 e. The Morgan fingerprint density at radius 3 is 2.36 bits per heavy atom. The van der Waals surface area contributed by atoms with Crippen molar-refractivity contribution in [1.82, 2.24) is 0 Å². The molecule has 0 aliphatic rings. The largest absolute Gasteiger partial charge is 0.497 e. The lowest BCUT2D eigenvalue weighted by Gasteiger charge is -2.08. The molecule has 0 fully saturated rings. The standard InChI is InChI=1S/C24H28O4/c1-3-4-5-6-7-8-15-27-20-13-14-21-23(16-20)28-17-22(24(21)25)18-9-11-19(26-2)12-10-18/h9-14,16-17H,3-8,15H2,1-2H3. The van der Waals surface area contributed by atoms with Gasteiger partial charge in [-0.1, -0.05) is 51.2 Å². The fourth-order valence-corrected chi connectivity index (χ4v) is 3.24. The Morgan fingerprint density at radius 2 is 1.61 bits per heavy atom. The van der Waals surface area contributed by atoms with E-state index in [1.165, 1.54) is 38.4 Å². The Kier molecular flexibility index (Phi) is 7.12. The molecule has 0 saturated heterocycles. The number of methoxy groups -OCH3 is 1. The zero-order chi connectivity index (χ0) is 19.8. The highest BCUT2D eigenvalue weighted by molar-refractivity contribution is 5.82. The van der Waals surface area contributed by atoms with Crippen LogP contribution in [-0.4, -0.2) is 13.7 Å². The lowest BCUT2D eigenvalue weighted by Crippen LogP contribution is -2.05. The number of benzene rings is 2. The second kappa shape index (κ2) is 9.98.